The van der Waals surface area contributed by atoms with Gasteiger partial charge in [-0.3, -0.25) is 9.52 Å². The highest BCUT2D eigenvalue weighted by molar-refractivity contribution is 9.10. The van der Waals surface area contributed by atoms with Crippen molar-refractivity contribution in [2.75, 3.05) is 10.0 Å². The normalized spacial score (nSPS) is 11.0. The summed E-state index contributed by atoms with van der Waals surface area (Å²) in [4.78, 5) is 12.5. The third-order valence-electron chi connectivity index (χ3n) is 3.60. The Morgan fingerprint density at radius 1 is 0.889 bits per heavy atom. The highest BCUT2D eigenvalue weighted by Gasteiger charge is 2.15. The molecular formula is C19H15BrN2O4S. The first kappa shape index (κ1) is 18.9. The molecule has 0 unspecified atom stereocenters. The first-order chi connectivity index (χ1) is 12.8. The number of halogens is 1. The molecule has 0 bridgehead atoms. The number of carbonyl (C=O) groups excluding carboxylic acids is 1. The summed E-state index contributed by atoms with van der Waals surface area (Å²) in [7, 11) is -3.77. The fourth-order valence-corrected chi connectivity index (χ4v) is 3.65. The van der Waals surface area contributed by atoms with Gasteiger partial charge in [0.25, 0.3) is 15.9 Å². The second-order valence-electron chi connectivity index (χ2n) is 5.64. The van der Waals surface area contributed by atoms with Crippen LogP contribution in [0.4, 0.5) is 11.4 Å². The van der Waals surface area contributed by atoms with Gasteiger partial charge in [0.15, 0.2) is 0 Å². The second-order valence-corrected chi connectivity index (χ2v) is 8.24. The Bertz CT molecular complexity index is 1080. The zero-order valence-electron chi connectivity index (χ0n) is 13.9. The number of phenols is 1. The molecule has 0 spiro atoms. The standard InChI is InChI=1S/C19H15BrN2O4S/c20-14-7-9-18(10-8-14)27(25,26)22-16-5-1-3-13(11-16)19(24)21-15-4-2-6-17(23)12-15/h1-12,22-23H,(H,21,24). The third kappa shape index (κ3) is 4.87. The molecule has 6 nitrogen and oxygen atoms in total. The van der Waals surface area contributed by atoms with E-state index < -0.39 is 15.9 Å². The van der Waals surface area contributed by atoms with Crippen molar-refractivity contribution in [2.24, 2.45) is 0 Å². The molecule has 0 radical (unpaired) electrons. The van der Waals surface area contributed by atoms with Crippen LogP contribution in [0.3, 0.4) is 0 Å². The van der Waals surface area contributed by atoms with E-state index in [2.05, 4.69) is 26.0 Å². The van der Waals surface area contributed by atoms with Gasteiger partial charge in [0.1, 0.15) is 5.75 Å². The van der Waals surface area contributed by atoms with Gasteiger partial charge < -0.3 is 10.4 Å². The maximum atomic E-state index is 12.5. The van der Waals surface area contributed by atoms with E-state index in [1.165, 1.54) is 30.3 Å². The summed E-state index contributed by atoms with van der Waals surface area (Å²) in [5.74, 6) is -0.394. The SMILES string of the molecule is O=C(Nc1cccc(O)c1)c1cccc(NS(=O)(=O)c2ccc(Br)cc2)c1. The predicted octanol–water partition coefficient (Wildman–Crippen LogP) is 4.21. The first-order valence-corrected chi connectivity index (χ1v) is 10.1. The van der Waals surface area contributed by atoms with E-state index in [-0.39, 0.29) is 21.9 Å². The molecule has 3 aromatic rings. The van der Waals surface area contributed by atoms with Crippen molar-refractivity contribution in [3.63, 3.8) is 0 Å². The van der Waals surface area contributed by atoms with Gasteiger partial charge in [0.05, 0.1) is 4.90 Å². The number of sulfonamides is 1. The molecule has 1 amide bonds. The zero-order chi connectivity index (χ0) is 19.4. The summed E-state index contributed by atoms with van der Waals surface area (Å²) in [6.07, 6.45) is 0. The van der Waals surface area contributed by atoms with Crippen molar-refractivity contribution in [1.29, 1.82) is 0 Å². The Labute approximate surface area is 165 Å². The Morgan fingerprint density at radius 3 is 2.26 bits per heavy atom. The molecule has 27 heavy (non-hydrogen) atoms. The van der Waals surface area contributed by atoms with Gasteiger partial charge >= 0.3 is 0 Å². The quantitative estimate of drug-likeness (QED) is 0.546. The smallest absolute Gasteiger partial charge is 0.261 e. The topological polar surface area (TPSA) is 95.5 Å². The molecule has 3 aromatic carbocycles. The number of nitrogens with one attached hydrogen (secondary N) is 2. The van der Waals surface area contributed by atoms with Crippen LogP contribution in [-0.4, -0.2) is 19.4 Å². The van der Waals surface area contributed by atoms with E-state index in [1.807, 2.05) is 0 Å². The van der Waals surface area contributed by atoms with Gasteiger partial charge in [-0.15, -0.1) is 0 Å². The number of anilines is 2. The fourth-order valence-electron chi connectivity index (χ4n) is 2.34. The summed E-state index contributed by atoms with van der Waals surface area (Å²) < 4.78 is 28.2. The second kappa shape index (κ2) is 7.81. The number of hydrogen-bond acceptors (Lipinski definition) is 4. The van der Waals surface area contributed by atoms with E-state index in [0.717, 1.165) is 4.47 Å². The molecule has 138 valence electrons. The van der Waals surface area contributed by atoms with Crippen LogP contribution >= 0.6 is 15.9 Å². The molecule has 8 heteroatoms. The molecule has 0 fully saturated rings. The number of amides is 1. The summed E-state index contributed by atoms with van der Waals surface area (Å²) in [6, 6.07) is 18.5. The Balaban J connectivity index is 1.79. The molecule has 0 atom stereocenters. The van der Waals surface area contributed by atoms with Crippen molar-refractivity contribution in [3.8, 4) is 5.75 Å². The van der Waals surface area contributed by atoms with Gasteiger partial charge in [-0.2, -0.15) is 0 Å². The van der Waals surface area contributed by atoms with Crippen molar-refractivity contribution in [1.82, 2.24) is 0 Å². The number of hydrogen-bond donors (Lipinski definition) is 3. The molecule has 3 rings (SSSR count). The summed E-state index contributed by atoms with van der Waals surface area (Å²) in [5.41, 5.74) is 0.969. The average molecular weight is 447 g/mol. The van der Waals surface area contributed by atoms with Crippen LogP contribution < -0.4 is 10.0 Å². The van der Waals surface area contributed by atoms with Crippen molar-refractivity contribution < 1.29 is 18.3 Å². The molecule has 0 aliphatic carbocycles. The Hall–Kier alpha value is -2.84. The van der Waals surface area contributed by atoms with Crippen molar-refractivity contribution in [3.05, 3.63) is 82.8 Å². The van der Waals surface area contributed by atoms with E-state index >= 15 is 0 Å². The van der Waals surface area contributed by atoms with Crippen LogP contribution in [0.15, 0.2) is 82.2 Å². The average Bonchev–Trinajstić information content (AvgIpc) is 2.62. The van der Waals surface area contributed by atoms with E-state index in [0.29, 0.717) is 5.69 Å². The fraction of sp³-hybridized carbons (Fsp3) is 0. The lowest BCUT2D eigenvalue weighted by Crippen LogP contribution is -2.15. The molecule has 0 saturated heterocycles. The zero-order valence-corrected chi connectivity index (χ0v) is 16.3. The first-order valence-electron chi connectivity index (χ1n) is 7.82. The largest absolute Gasteiger partial charge is 0.508 e. The molecular weight excluding hydrogens is 432 g/mol. The monoisotopic (exact) mass is 446 g/mol. The van der Waals surface area contributed by atoms with Gasteiger partial charge in [-0.25, -0.2) is 8.42 Å². The maximum absolute atomic E-state index is 12.5. The third-order valence-corrected chi connectivity index (χ3v) is 5.53. The lowest BCUT2D eigenvalue weighted by molar-refractivity contribution is 0.102. The molecule has 0 aliphatic heterocycles. The van der Waals surface area contributed by atoms with Crippen LogP contribution in [0.2, 0.25) is 0 Å². The van der Waals surface area contributed by atoms with Gasteiger partial charge in [0.2, 0.25) is 0 Å². The molecule has 3 N–H and O–H groups in total. The van der Waals surface area contributed by atoms with E-state index in [4.69, 9.17) is 0 Å². The summed E-state index contributed by atoms with van der Waals surface area (Å²) >= 11 is 3.26. The molecule has 0 heterocycles. The maximum Gasteiger partial charge on any atom is 0.261 e. The highest BCUT2D eigenvalue weighted by atomic mass is 79.9. The highest BCUT2D eigenvalue weighted by Crippen LogP contribution is 2.21. The number of rotatable bonds is 5. The Kier molecular flexibility index (Phi) is 5.48. The molecule has 0 saturated carbocycles. The number of benzene rings is 3. The number of aromatic hydroxyl groups is 1. The predicted molar refractivity (Wildman–Crippen MR) is 107 cm³/mol. The number of phenolic OH excluding ortho intramolecular Hbond substituents is 1. The van der Waals surface area contributed by atoms with Crippen LogP contribution in [0.25, 0.3) is 0 Å². The minimum Gasteiger partial charge on any atom is -0.508 e. The summed E-state index contributed by atoms with van der Waals surface area (Å²) in [6.45, 7) is 0. The summed E-state index contributed by atoms with van der Waals surface area (Å²) in [5, 5.41) is 12.1. The Morgan fingerprint density at radius 2 is 1.56 bits per heavy atom. The van der Waals surface area contributed by atoms with Crippen molar-refractivity contribution >= 4 is 43.2 Å². The van der Waals surface area contributed by atoms with E-state index in [1.54, 1.807) is 42.5 Å². The number of carbonyl (C=O) groups is 1. The van der Waals surface area contributed by atoms with Crippen LogP contribution in [0.5, 0.6) is 5.75 Å². The molecule has 0 aromatic heterocycles. The minimum absolute atomic E-state index is 0.0313. The van der Waals surface area contributed by atoms with Crippen LogP contribution in [0.1, 0.15) is 10.4 Å². The van der Waals surface area contributed by atoms with Crippen molar-refractivity contribution in [2.45, 2.75) is 4.90 Å². The van der Waals surface area contributed by atoms with E-state index in [9.17, 15) is 18.3 Å². The lowest BCUT2D eigenvalue weighted by Gasteiger charge is -2.10. The van der Waals surface area contributed by atoms with Crippen LogP contribution in [-0.2, 0) is 10.0 Å². The van der Waals surface area contributed by atoms with Gasteiger partial charge in [0, 0.05) is 27.5 Å². The van der Waals surface area contributed by atoms with Gasteiger partial charge in [-0.05, 0) is 54.6 Å². The molecule has 0 aliphatic rings. The van der Waals surface area contributed by atoms with Crippen LogP contribution in [0, 0.1) is 0 Å². The lowest BCUT2D eigenvalue weighted by atomic mass is 10.2. The van der Waals surface area contributed by atoms with Gasteiger partial charge in [-0.1, -0.05) is 28.1 Å². The minimum atomic E-state index is -3.77.